The Labute approximate surface area is 160 Å². The molecule has 0 saturated heterocycles. The minimum atomic E-state index is -0.848. The first-order valence-corrected chi connectivity index (χ1v) is 8.30. The summed E-state index contributed by atoms with van der Waals surface area (Å²) in [4.78, 5) is 23.9. The summed E-state index contributed by atoms with van der Waals surface area (Å²) in [5, 5.41) is 3.45. The number of methoxy groups -OCH3 is 2. The summed E-state index contributed by atoms with van der Waals surface area (Å²) in [6, 6.07) is 9.26. The molecular formula is C18H17Cl2NO5. The van der Waals surface area contributed by atoms with Gasteiger partial charge in [-0.2, -0.15) is 0 Å². The van der Waals surface area contributed by atoms with Crippen LogP contribution in [0.1, 0.15) is 17.3 Å². The minimum absolute atomic E-state index is 0.303. The molecule has 0 heterocycles. The number of benzene rings is 2. The second-order valence-corrected chi connectivity index (χ2v) is 6.07. The molecule has 0 bridgehead atoms. The summed E-state index contributed by atoms with van der Waals surface area (Å²) in [6.45, 7) is 1.58. The minimum Gasteiger partial charge on any atom is -0.493 e. The van der Waals surface area contributed by atoms with Crippen LogP contribution in [0.25, 0.3) is 0 Å². The molecule has 1 N–H and O–H groups in total. The van der Waals surface area contributed by atoms with Gasteiger partial charge in [0.1, 0.15) is 0 Å². The summed E-state index contributed by atoms with van der Waals surface area (Å²) in [5.74, 6) is -0.298. The lowest BCUT2D eigenvalue weighted by molar-refractivity contribution is -0.122. The van der Waals surface area contributed by atoms with Crippen LogP contribution in [-0.4, -0.2) is 32.2 Å². The van der Waals surface area contributed by atoms with E-state index >= 15 is 0 Å². The van der Waals surface area contributed by atoms with Crippen molar-refractivity contribution in [1.82, 2.24) is 0 Å². The van der Waals surface area contributed by atoms with Gasteiger partial charge in [0, 0.05) is 5.02 Å². The zero-order valence-electron chi connectivity index (χ0n) is 14.3. The van der Waals surface area contributed by atoms with Crippen molar-refractivity contribution in [2.75, 3.05) is 19.5 Å². The first-order chi connectivity index (χ1) is 12.3. The topological polar surface area (TPSA) is 73.9 Å². The molecule has 0 aliphatic heterocycles. The van der Waals surface area contributed by atoms with Crippen molar-refractivity contribution in [3.63, 3.8) is 0 Å². The fraction of sp³-hybridized carbons (Fsp3) is 0.222. The number of nitrogens with one attached hydrogen (secondary N) is 1. The monoisotopic (exact) mass is 397 g/mol. The van der Waals surface area contributed by atoms with E-state index in [0.29, 0.717) is 32.8 Å². The maximum atomic E-state index is 12.3. The molecule has 0 radical (unpaired) electrons. The van der Waals surface area contributed by atoms with Crippen LogP contribution in [0, 0.1) is 0 Å². The number of carbonyl (C=O) groups excluding carboxylic acids is 2. The summed E-state index contributed by atoms with van der Waals surface area (Å²) < 4.78 is 15.5. The molecule has 26 heavy (non-hydrogen) atoms. The van der Waals surface area contributed by atoms with Gasteiger partial charge < -0.3 is 19.5 Å². The van der Waals surface area contributed by atoms with E-state index in [1.165, 1.54) is 38.5 Å². The molecule has 2 aromatic rings. The van der Waals surface area contributed by atoms with E-state index < -0.39 is 18.0 Å². The van der Waals surface area contributed by atoms with Crippen LogP contribution in [0.15, 0.2) is 36.4 Å². The molecule has 8 heteroatoms. The average Bonchev–Trinajstić information content (AvgIpc) is 2.63. The molecular weight excluding hydrogens is 381 g/mol. The van der Waals surface area contributed by atoms with E-state index in [0.717, 1.165) is 0 Å². The van der Waals surface area contributed by atoms with Crippen LogP contribution >= 0.6 is 23.2 Å². The number of anilines is 1. The molecule has 0 aliphatic rings. The molecule has 2 rings (SSSR count). The third kappa shape index (κ3) is 4.80. The second kappa shape index (κ2) is 8.78. The predicted molar refractivity (Wildman–Crippen MR) is 99.5 cm³/mol. The van der Waals surface area contributed by atoms with Gasteiger partial charge in [0.25, 0.3) is 5.91 Å². The summed E-state index contributed by atoms with van der Waals surface area (Å²) >= 11 is 11.9. The highest BCUT2D eigenvalue weighted by atomic mass is 35.5. The Balaban J connectivity index is 2.11. The molecule has 0 aliphatic carbocycles. The van der Waals surface area contributed by atoms with Crippen LogP contribution in [0.5, 0.6) is 11.5 Å². The van der Waals surface area contributed by atoms with Gasteiger partial charge in [-0.1, -0.05) is 23.2 Å². The van der Waals surface area contributed by atoms with Crippen LogP contribution in [0.3, 0.4) is 0 Å². The Bertz CT molecular complexity index is 825. The molecule has 0 fully saturated rings. The quantitative estimate of drug-likeness (QED) is 0.739. The predicted octanol–water partition coefficient (Wildman–Crippen LogP) is 4.19. The highest BCUT2D eigenvalue weighted by Gasteiger charge is 2.19. The van der Waals surface area contributed by atoms with E-state index in [9.17, 15) is 9.59 Å². The van der Waals surface area contributed by atoms with E-state index in [1.54, 1.807) is 19.1 Å². The largest absolute Gasteiger partial charge is 0.493 e. The Kier molecular flexibility index (Phi) is 6.71. The number of hydrogen-bond acceptors (Lipinski definition) is 5. The first-order valence-electron chi connectivity index (χ1n) is 7.54. The number of esters is 1. The molecule has 1 amide bonds. The number of rotatable bonds is 6. The van der Waals surface area contributed by atoms with Crippen molar-refractivity contribution in [2.24, 2.45) is 0 Å². The normalized spacial score (nSPS) is 11.4. The summed E-state index contributed by atoms with van der Waals surface area (Å²) in [5.41, 5.74) is 0.728. The van der Waals surface area contributed by atoms with Gasteiger partial charge in [-0.25, -0.2) is 4.79 Å². The molecule has 0 aromatic heterocycles. The molecule has 6 nitrogen and oxygen atoms in total. The Hall–Kier alpha value is -2.44. The number of carbonyl (C=O) groups is 2. The lowest BCUT2D eigenvalue weighted by atomic mass is 10.2. The van der Waals surface area contributed by atoms with Crippen molar-refractivity contribution in [3.8, 4) is 11.5 Å². The highest BCUT2D eigenvalue weighted by molar-refractivity contribution is 6.36. The van der Waals surface area contributed by atoms with Gasteiger partial charge in [0.05, 0.1) is 30.5 Å². The standard InChI is InChI=1S/C18H17Cl2NO5/c1-10(17(22)21-14-6-5-12(19)9-13(14)20)26-15-7-4-11(18(23)25-3)8-16(15)24-2/h4-10H,1-3H3,(H,21,22). The lowest BCUT2D eigenvalue weighted by Gasteiger charge is -2.17. The lowest BCUT2D eigenvalue weighted by Crippen LogP contribution is -2.30. The van der Waals surface area contributed by atoms with E-state index in [1.807, 2.05) is 0 Å². The van der Waals surface area contributed by atoms with Gasteiger partial charge in [-0.05, 0) is 43.3 Å². The number of ether oxygens (including phenoxy) is 3. The molecule has 1 atom stereocenters. The van der Waals surface area contributed by atoms with Crippen LogP contribution in [0.4, 0.5) is 5.69 Å². The maximum absolute atomic E-state index is 12.3. The summed E-state index contributed by atoms with van der Waals surface area (Å²) in [7, 11) is 2.72. The first kappa shape index (κ1) is 19.9. The molecule has 1 unspecified atom stereocenters. The van der Waals surface area contributed by atoms with Crippen molar-refractivity contribution in [1.29, 1.82) is 0 Å². The third-order valence-corrected chi connectivity index (χ3v) is 3.99. The molecule has 0 saturated carbocycles. The van der Waals surface area contributed by atoms with Gasteiger partial charge in [0.15, 0.2) is 17.6 Å². The van der Waals surface area contributed by atoms with Crippen molar-refractivity contribution >= 4 is 40.8 Å². The zero-order chi connectivity index (χ0) is 19.3. The van der Waals surface area contributed by atoms with E-state index in [2.05, 4.69) is 10.1 Å². The van der Waals surface area contributed by atoms with Gasteiger partial charge >= 0.3 is 5.97 Å². The number of amides is 1. The van der Waals surface area contributed by atoms with Crippen molar-refractivity contribution in [3.05, 3.63) is 52.0 Å². The Morgan fingerprint density at radius 2 is 1.77 bits per heavy atom. The molecule has 2 aromatic carbocycles. The van der Waals surface area contributed by atoms with Gasteiger partial charge in [-0.3, -0.25) is 4.79 Å². The Morgan fingerprint density at radius 1 is 1.04 bits per heavy atom. The fourth-order valence-corrected chi connectivity index (χ4v) is 2.53. The van der Waals surface area contributed by atoms with Crippen molar-refractivity contribution in [2.45, 2.75) is 13.0 Å². The molecule has 138 valence electrons. The third-order valence-electron chi connectivity index (χ3n) is 3.45. The van der Waals surface area contributed by atoms with Gasteiger partial charge in [-0.15, -0.1) is 0 Å². The number of halogens is 2. The van der Waals surface area contributed by atoms with Gasteiger partial charge in [0.2, 0.25) is 0 Å². The second-order valence-electron chi connectivity index (χ2n) is 5.23. The van der Waals surface area contributed by atoms with Crippen LogP contribution < -0.4 is 14.8 Å². The van der Waals surface area contributed by atoms with E-state index in [-0.39, 0.29) is 0 Å². The molecule has 0 spiro atoms. The fourth-order valence-electron chi connectivity index (χ4n) is 2.08. The highest BCUT2D eigenvalue weighted by Crippen LogP contribution is 2.30. The maximum Gasteiger partial charge on any atom is 0.337 e. The van der Waals surface area contributed by atoms with E-state index in [4.69, 9.17) is 32.7 Å². The zero-order valence-corrected chi connectivity index (χ0v) is 15.9. The SMILES string of the molecule is COC(=O)c1ccc(OC(C)C(=O)Nc2ccc(Cl)cc2Cl)c(OC)c1. The average molecular weight is 398 g/mol. The summed E-state index contributed by atoms with van der Waals surface area (Å²) in [6.07, 6.45) is -0.848. The Morgan fingerprint density at radius 3 is 2.38 bits per heavy atom. The van der Waals surface area contributed by atoms with Crippen LogP contribution in [-0.2, 0) is 9.53 Å². The van der Waals surface area contributed by atoms with Crippen molar-refractivity contribution < 1.29 is 23.8 Å². The van der Waals surface area contributed by atoms with Crippen LogP contribution in [0.2, 0.25) is 10.0 Å². The number of hydrogen-bond donors (Lipinski definition) is 1. The smallest absolute Gasteiger partial charge is 0.337 e.